The van der Waals surface area contributed by atoms with E-state index in [1.807, 2.05) is 13.0 Å². The van der Waals surface area contributed by atoms with Crippen LogP contribution in [0, 0.1) is 6.92 Å². The molecule has 0 aliphatic carbocycles. The average Bonchev–Trinajstić information content (AvgIpc) is 2.04. The highest BCUT2D eigenvalue weighted by Crippen LogP contribution is 2.16. The van der Waals surface area contributed by atoms with E-state index in [1.165, 1.54) is 0 Å². The van der Waals surface area contributed by atoms with Gasteiger partial charge in [0.25, 0.3) is 0 Å². The summed E-state index contributed by atoms with van der Waals surface area (Å²) in [6, 6.07) is 7.16. The summed E-state index contributed by atoms with van der Waals surface area (Å²) in [6.45, 7) is 1.53. The van der Waals surface area contributed by atoms with Gasteiger partial charge in [-0.3, -0.25) is 4.79 Å². The highest BCUT2D eigenvalue weighted by Gasteiger charge is 2.18. The number of aliphatic hydroxyl groups excluding tert-OH is 1. The molecule has 0 saturated heterocycles. The second-order valence-corrected chi connectivity index (χ2v) is 2.99. The van der Waals surface area contributed by atoms with Crippen molar-refractivity contribution in [2.45, 2.75) is 12.8 Å². The van der Waals surface area contributed by atoms with Gasteiger partial charge in [-0.2, -0.15) is 0 Å². The Hall–Kier alpha value is -1.35. The quantitative estimate of drug-likeness (QED) is 0.733. The van der Waals surface area contributed by atoms with Gasteiger partial charge in [0.1, 0.15) is 5.92 Å². The molecular formula is C10H12O3. The van der Waals surface area contributed by atoms with Crippen molar-refractivity contribution >= 4 is 5.97 Å². The summed E-state index contributed by atoms with van der Waals surface area (Å²) in [5, 5.41) is 17.6. The first-order valence-electron chi connectivity index (χ1n) is 4.05. The number of hydrogen-bond acceptors (Lipinski definition) is 2. The van der Waals surface area contributed by atoms with Crippen molar-refractivity contribution < 1.29 is 15.0 Å². The molecule has 0 aliphatic heterocycles. The standard InChI is InChI=1S/C10H12O3/c1-7-3-2-4-8(5-7)9(6-11)10(12)13/h2-5,9,11H,6H2,1H3,(H,12,13). The van der Waals surface area contributed by atoms with Crippen LogP contribution in [-0.4, -0.2) is 22.8 Å². The van der Waals surface area contributed by atoms with E-state index in [2.05, 4.69) is 0 Å². The molecule has 0 bridgehead atoms. The van der Waals surface area contributed by atoms with Crippen molar-refractivity contribution in [1.82, 2.24) is 0 Å². The summed E-state index contributed by atoms with van der Waals surface area (Å²) >= 11 is 0. The minimum Gasteiger partial charge on any atom is -0.481 e. The van der Waals surface area contributed by atoms with Crippen molar-refractivity contribution in [1.29, 1.82) is 0 Å². The number of carbonyl (C=O) groups is 1. The Balaban J connectivity index is 2.98. The van der Waals surface area contributed by atoms with Gasteiger partial charge in [0.15, 0.2) is 0 Å². The summed E-state index contributed by atoms with van der Waals surface area (Å²) in [5.41, 5.74) is 1.65. The SMILES string of the molecule is Cc1cccc(C(CO)C(=O)O)c1. The van der Waals surface area contributed by atoms with Crippen molar-refractivity contribution in [2.24, 2.45) is 0 Å². The highest BCUT2D eigenvalue weighted by molar-refractivity contribution is 5.76. The number of carboxylic acid groups (broad SMARTS) is 1. The zero-order chi connectivity index (χ0) is 9.84. The van der Waals surface area contributed by atoms with E-state index in [0.717, 1.165) is 5.56 Å². The van der Waals surface area contributed by atoms with E-state index in [1.54, 1.807) is 18.2 Å². The number of benzene rings is 1. The lowest BCUT2D eigenvalue weighted by Gasteiger charge is -2.09. The molecule has 1 rings (SSSR count). The van der Waals surface area contributed by atoms with Gasteiger partial charge >= 0.3 is 5.97 Å². The maximum absolute atomic E-state index is 10.7. The topological polar surface area (TPSA) is 57.5 Å². The average molecular weight is 180 g/mol. The lowest BCUT2D eigenvalue weighted by Crippen LogP contribution is -2.15. The lowest BCUT2D eigenvalue weighted by atomic mass is 9.99. The fourth-order valence-corrected chi connectivity index (χ4v) is 1.21. The molecule has 1 unspecified atom stereocenters. The van der Waals surface area contributed by atoms with Gasteiger partial charge in [0.2, 0.25) is 0 Å². The summed E-state index contributed by atoms with van der Waals surface area (Å²) in [4.78, 5) is 10.7. The monoisotopic (exact) mass is 180 g/mol. The molecule has 3 nitrogen and oxygen atoms in total. The molecule has 0 aliphatic rings. The second-order valence-electron chi connectivity index (χ2n) is 2.99. The van der Waals surface area contributed by atoms with Gasteiger partial charge in [0, 0.05) is 0 Å². The smallest absolute Gasteiger partial charge is 0.313 e. The van der Waals surface area contributed by atoms with E-state index in [-0.39, 0.29) is 6.61 Å². The molecule has 0 spiro atoms. The van der Waals surface area contributed by atoms with Gasteiger partial charge < -0.3 is 10.2 Å². The Morgan fingerprint density at radius 3 is 2.69 bits per heavy atom. The van der Waals surface area contributed by atoms with Crippen LogP contribution >= 0.6 is 0 Å². The predicted octanol–water partition coefficient (Wildman–Crippen LogP) is 1.16. The maximum atomic E-state index is 10.7. The fourth-order valence-electron chi connectivity index (χ4n) is 1.21. The first-order valence-corrected chi connectivity index (χ1v) is 4.05. The molecular weight excluding hydrogens is 168 g/mol. The maximum Gasteiger partial charge on any atom is 0.313 e. The minimum atomic E-state index is -0.992. The molecule has 70 valence electrons. The van der Waals surface area contributed by atoms with E-state index in [0.29, 0.717) is 5.56 Å². The molecule has 0 fully saturated rings. The molecule has 1 atom stereocenters. The highest BCUT2D eigenvalue weighted by atomic mass is 16.4. The number of rotatable bonds is 3. The van der Waals surface area contributed by atoms with E-state index < -0.39 is 11.9 Å². The summed E-state index contributed by atoms with van der Waals surface area (Å²) in [7, 11) is 0. The van der Waals surface area contributed by atoms with Crippen molar-refractivity contribution in [2.75, 3.05) is 6.61 Å². The Morgan fingerprint density at radius 1 is 1.54 bits per heavy atom. The van der Waals surface area contributed by atoms with Crippen LogP contribution in [0.1, 0.15) is 17.0 Å². The van der Waals surface area contributed by atoms with Gasteiger partial charge in [-0.05, 0) is 12.5 Å². The Kier molecular flexibility index (Phi) is 3.03. The van der Waals surface area contributed by atoms with Gasteiger partial charge in [-0.25, -0.2) is 0 Å². The first kappa shape index (κ1) is 9.74. The molecule has 13 heavy (non-hydrogen) atoms. The van der Waals surface area contributed by atoms with Crippen LogP contribution in [-0.2, 0) is 4.79 Å². The molecule has 0 aromatic heterocycles. The van der Waals surface area contributed by atoms with E-state index in [4.69, 9.17) is 10.2 Å². The van der Waals surface area contributed by atoms with Crippen LogP contribution in [0.2, 0.25) is 0 Å². The molecule has 0 radical (unpaired) electrons. The zero-order valence-electron chi connectivity index (χ0n) is 7.40. The van der Waals surface area contributed by atoms with Crippen LogP contribution in [0.5, 0.6) is 0 Å². The molecule has 0 heterocycles. The van der Waals surface area contributed by atoms with Crippen LogP contribution in [0.15, 0.2) is 24.3 Å². The summed E-state index contributed by atoms with van der Waals surface area (Å²) in [5.74, 6) is -1.80. The molecule has 1 aromatic carbocycles. The Morgan fingerprint density at radius 2 is 2.23 bits per heavy atom. The van der Waals surface area contributed by atoms with Crippen LogP contribution < -0.4 is 0 Å². The van der Waals surface area contributed by atoms with Gasteiger partial charge in [0.05, 0.1) is 6.61 Å². The normalized spacial score (nSPS) is 12.5. The molecule has 0 amide bonds. The van der Waals surface area contributed by atoms with Crippen molar-refractivity contribution in [3.8, 4) is 0 Å². The van der Waals surface area contributed by atoms with Crippen LogP contribution in [0.25, 0.3) is 0 Å². The molecule has 3 heteroatoms. The summed E-state index contributed by atoms with van der Waals surface area (Å²) < 4.78 is 0. The second kappa shape index (κ2) is 4.05. The molecule has 1 aromatic rings. The molecule has 0 saturated carbocycles. The fraction of sp³-hybridized carbons (Fsp3) is 0.300. The molecule has 2 N–H and O–H groups in total. The first-order chi connectivity index (χ1) is 6.15. The summed E-state index contributed by atoms with van der Waals surface area (Å²) in [6.07, 6.45) is 0. The van der Waals surface area contributed by atoms with Crippen molar-refractivity contribution in [3.05, 3.63) is 35.4 Å². The third-order valence-electron chi connectivity index (χ3n) is 1.93. The van der Waals surface area contributed by atoms with Crippen LogP contribution in [0.4, 0.5) is 0 Å². The van der Waals surface area contributed by atoms with Gasteiger partial charge in [-0.1, -0.05) is 29.8 Å². The number of carboxylic acids is 1. The van der Waals surface area contributed by atoms with Crippen LogP contribution in [0.3, 0.4) is 0 Å². The number of aliphatic carboxylic acids is 1. The van der Waals surface area contributed by atoms with E-state index >= 15 is 0 Å². The lowest BCUT2D eigenvalue weighted by molar-refractivity contribution is -0.139. The van der Waals surface area contributed by atoms with E-state index in [9.17, 15) is 4.79 Å². The number of aryl methyl sites for hydroxylation is 1. The Bertz CT molecular complexity index is 307. The number of aliphatic hydroxyl groups is 1. The number of hydrogen-bond donors (Lipinski definition) is 2. The minimum absolute atomic E-state index is 0.362. The van der Waals surface area contributed by atoms with Crippen molar-refractivity contribution in [3.63, 3.8) is 0 Å². The third-order valence-corrected chi connectivity index (χ3v) is 1.93. The zero-order valence-corrected chi connectivity index (χ0v) is 7.40. The Labute approximate surface area is 76.6 Å². The predicted molar refractivity (Wildman–Crippen MR) is 48.6 cm³/mol. The largest absolute Gasteiger partial charge is 0.481 e. The van der Waals surface area contributed by atoms with Gasteiger partial charge in [-0.15, -0.1) is 0 Å². The third kappa shape index (κ3) is 2.29.